The molecule has 8 nitrogen and oxygen atoms in total. The summed E-state index contributed by atoms with van der Waals surface area (Å²) in [6.07, 6.45) is 2.55. The third kappa shape index (κ3) is 4.94. The number of hydrogen-bond acceptors (Lipinski definition) is 5. The van der Waals surface area contributed by atoms with Gasteiger partial charge in [-0.05, 0) is 49.5 Å². The number of carboxylic acids is 1. The molecule has 140 valence electrons. The second-order valence-electron chi connectivity index (χ2n) is 7.18. The maximum absolute atomic E-state index is 12.5. The normalized spacial score (nSPS) is 21.2. The van der Waals surface area contributed by atoms with E-state index >= 15 is 0 Å². The monoisotopic (exact) mass is 417 g/mol. The first-order chi connectivity index (χ1) is 11.5. The first-order valence-corrected chi connectivity index (χ1v) is 8.85. The highest BCUT2D eigenvalue weighted by atomic mass is 79.9. The number of aliphatic carboxylic acids is 1. The third-order valence-electron chi connectivity index (χ3n) is 3.83. The Bertz CT molecular complexity index is 655. The van der Waals surface area contributed by atoms with Gasteiger partial charge in [0.15, 0.2) is 0 Å². The topological polar surface area (TPSA) is 93.9 Å². The van der Waals surface area contributed by atoms with E-state index in [-0.39, 0.29) is 6.54 Å². The van der Waals surface area contributed by atoms with Gasteiger partial charge < -0.3 is 24.0 Å². The predicted molar refractivity (Wildman–Crippen MR) is 93.2 cm³/mol. The minimum Gasteiger partial charge on any atom is -0.480 e. The molecule has 1 aromatic heterocycles. The summed E-state index contributed by atoms with van der Waals surface area (Å²) < 4.78 is 13.6. The number of imidazole rings is 1. The van der Waals surface area contributed by atoms with Gasteiger partial charge in [0.05, 0.1) is 6.54 Å². The molecule has 0 saturated carbocycles. The summed E-state index contributed by atoms with van der Waals surface area (Å²) in [5.41, 5.74) is -1.60. The summed E-state index contributed by atoms with van der Waals surface area (Å²) in [6.45, 7) is 5.66. The van der Waals surface area contributed by atoms with Crippen molar-refractivity contribution in [2.24, 2.45) is 7.05 Å². The highest BCUT2D eigenvalue weighted by Gasteiger charge is 2.44. The summed E-state index contributed by atoms with van der Waals surface area (Å²) >= 11 is 3.33. The second kappa shape index (κ2) is 7.33. The SMILES string of the molecule is Cn1cc(Br)nc1C1(OCC(=O)O)CCCN(C(=O)OC(C)(C)C)C1. The Hall–Kier alpha value is -1.61. The molecule has 25 heavy (non-hydrogen) atoms. The lowest BCUT2D eigenvalue weighted by atomic mass is 9.91. The van der Waals surface area contributed by atoms with Gasteiger partial charge in [-0.15, -0.1) is 0 Å². The summed E-state index contributed by atoms with van der Waals surface area (Å²) in [6, 6.07) is 0. The van der Waals surface area contributed by atoms with Crippen LogP contribution in [0.15, 0.2) is 10.8 Å². The zero-order valence-corrected chi connectivity index (χ0v) is 16.5. The number of aromatic nitrogens is 2. The van der Waals surface area contributed by atoms with E-state index in [1.165, 1.54) is 0 Å². The summed E-state index contributed by atoms with van der Waals surface area (Å²) in [5, 5.41) is 9.04. The number of ether oxygens (including phenoxy) is 2. The molecule has 1 N–H and O–H groups in total. The van der Waals surface area contributed by atoms with E-state index < -0.39 is 29.9 Å². The molecular formula is C16H24BrN3O5. The van der Waals surface area contributed by atoms with Crippen molar-refractivity contribution < 1.29 is 24.2 Å². The number of aryl methyl sites for hydroxylation is 1. The molecule has 2 heterocycles. The lowest BCUT2D eigenvalue weighted by Gasteiger charge is -2.41. The van der Waals surface area contributed by atoms with Crippen LogP contribution in [0, 0.1) is 0 Å². The number of carboxylic acid groups (broad SMARTS) is 1. The highest BCUT2D eigenvalue weighted by Crippen LogP contribution is 2.36. The van der Waals surface area contributed by atoms with Crippen LogP contribution in [-0.4, -0.2) is 56.9 Å². The van der Waals surface area contributed by atoms with Crippen molar-refractivity contribution in [1.29, 1.82) is 0 Å². The summed E-state index contributed by atoms with van der Waals surface area (Å²) in [7, 11) is 1.81. The molecule has 1 aliphatic heterocycles. The molecule has 0 spiro atoms. The molecule has 1 unspecified atom stereocenters. The van der Waals surface area contributed by atoms with Crippen molar-refractivity contribution in [2.45, 2.75) is 44.8 Å². The molecule has 1 amide bonds. The number of nitrogens with zero attached hydrogens (tertiary/aromatic N) is 3. The average Bonchev–Trinajstić information content (AvgIpc) is 2.83. The van der Waals surface area contributed by atoms with Crippen molar-refractivity contribution in [3.8, 4) is 0 Å². The molecule has 0 aliphatic carbocycles. The number of likely N-dealkylation sites (tertiary alicyclic amines) is 1. The smallest absolute Gasteiger partial charge is 0.410 e. The van der Waals surface area contributed by atoms with Crippen LogP contribution in [0.3, 0.4) is 0 Å². The molecule has 0 aromatic carbocycles. The predicted octanol–water partition coefficient (Wildman–Crippen LogP) is 2.51. The van der Waals surface area contributed by atoms with Gasteiger partial charge in [-0.1, -0.05) is 0 Å². The number of carbonyl (C=O) groups excluding carboxylic acids is 1. The molecule has 0 bridgehead atoms. The molecule has 1 aromatic rings. The molecular weight excluding hydrogens is 394 g/mol. The Balaban J connectivity index is 2.30. The fourth-order valence-corrected chi connectivity index (χ4v) is 3.40. The third-order valence-corrected chi connectivity index (χ3v) is 4.22. The Morgan fingerprint density at radius 3 is 2.64 bits per heavy atom. The van der Waals surface area contributed by atoms with Crippen LogP contribution in [0.1, 0.15) is 39.4 Å². The van der Waals surface area contributed by atoms with Crippen LogP contribution >= 0.6 is 15.9 Å². The zero-order chi connectivity index (χ0) is 18.8. The first kappa shape index (κ1) is 19.7. The molecule has 1 aliphatic rings. The quantitative estimate of drug-likeness (QED) is 0.808. The number of piperidine rings is 1. The van der Waals surface area contributed by atoms with Crippen LogP contribution < -0.4 is 0 Å². The number of amides is 1. The second-order valence-corrected chi connectivity index (χ2v) is 7.99. The largest absolute Gasteiger partial charge is 0.480 e. The number of hydrogen-bond donors (Lipinski definition) is 1. The minimum atomic E-state index is -1.07. The maximum atomic E-state index is 12.5. The van der Waals surface area contributed by atoms with E-state index in [1.807, 2.05) is 7.05 Å². The fraction of sp³-hybridized carbons (Fsp3) is 0.688. The van der Waals surface area contributed by atoms with E-state index in [1.54, 1.807) is 36.4 Å². The number of carbonyl (C=O) groups is 2. The summed E-state index contributed by atoms with van der Waals surface area (Å²) in [4.78, 5) is 29.5. The average molecular weight is 418 g/mol. The molecule has 1 atom stereocenters. The Labute approximate surface area is 155 Å². The van der Waals surface area contributed by atoms with Crippen LogP contribution in [0.4, 0.5) is 4.79 Å². The molecule has 1 fully saturated rings. The standard InChI is InChI=1S/C16H24BrN3O5/c1-15(2,3)25-14(23)20-7-5-6-16(10-20,24-9-12(21)22)13-18-11(17)8-19(13)4/h8H,5-7,9-10H2,1-4H3,(H,21,22). The van der Waals surface area contributed by atoms with Crippen molar-refractivity contribution in [2.75, 3.05) is 19.7 Å². The van der Waals surface area contributed by atoms with Crippen LogP contribution in [0.5, 0.6) is 0 Å². The molecule has 2 rings (SSSR count). The van der Waals surface area contributed by atoms with Gasteiger partial charge in [0, 0.05) is 19.8 Å². The summed E-state index contributed by atoms with van der Waals surface area (Å²) in [5.74, 6) is -0.490. The van der Waals surface area contributed by atoms with Gasteiger partial charge in [0.1, 0.15) is 28.2 Å². The number of rotatable bonds is 4. The van der Waals surface area contributed by atoms with Crippen molar-refractivity contribution in [3.63, 3.8) is 0 Å². The number of halogens is 1. The van der Waals surface area contributed by atoms with E-state index in [2.05, 4.69) is 20.9 Å². The van der Waals surface area contributed by atoms with E-state index in [4.69, 9.17) is 14.6 Å². The lowest BCUT2D eigenvalue weighted by Crippen LogP contribution is -2.52. The molecule has 1 saturated heterocycles. The van der Waals surface area contributed by atoms with Crippen LogP contribution in [-0.2, 0) is 26.9 Å². The zero-order valence-electron chi connectivity index (χ0n) is 14.9. The Morgan fingerprint density at radius 2 is 2.12 bits per heavy atom. The highest BCUT2D eigenvalue weighted by molar-refractivity contribution is 9.10. The van der Waals surface area contributed by atoms with Gasteiger partial charge in [-0.3, -0.25) is 0 Å². The Morgan fingerprint density at radius 1 is 1.44 bits per heavy atom. The van der Waals surface area contributed by atoms with Crippen molar-refractivity contribution in [1.82, 2.24) is 14.5 Å². The molecule has 0 radical (unpaired) electrons. The fourth-order valence-electron chi connectivity index (χ4n) is 2.92. The maximum Gasteiger partial charge on any atom is 0.410 e. The Kier molecular flexibility index (Phi) is 5.78. The van der Waals surface area contributed by atoms with Crippen molar-refractivity contribution >= 4 is 28.0 Å². The van der Waals surface area contributed by atoms with Crippen LogP contribution in [0.2, 0.25) is 0 Å². The van der Waals surface area contributed by atoms with E-state index in [0.717, 1.165) is 0 Å². The first-order valence-electron chi connectivity index (χ1n) is 8.05. The lowest BCUT2D eigenvalue weighted by molar-refractivity contribution is -0.156. The van der Waals surface area contributed by atoms with Gasteiger partial charge in [0.25, 0.3) is 0 Å². The van der Waals surface area contributed by atoms with Crippen molar-refractivity contribution in [3.05, 3.63) is 16.6 Å². The van der Waals surface area contributed by atoms with Gasteiger partial charge in [0.2, 0.25) is 0 Å². The van der Waals surface area contributed by atoms with Gasteiger partial charge >= 0.3 is 12.1 Å². The van der Waals surface area contributed by atoms with E-state index in [0.29, 0.717) is 29.8 Å². The van der Waals surface area contributed by atoms with Gasteiger partial charge in [-0.25, -0.2) is 14.6 Å². The van der Waals surface area contributed by atoms with E-state index in [9.17, 15) is 9.59 Å². The van der Waals surface area contributed by atoms with Crippen LogP contribution in [0.25, 0.3) is 0 Å². The van der Waals surface area contributed by atoms with Gasteiger partial charge in [-0.2, -0.15) is 0 Å². The molecule has 9 heteroatoms. The minimum absolute atomic E-state index is 0.187.